The minimum atomic E-state index is -2.90. The predicted molar refractivity (Wildman–Crippen MR) is 85.3 cm³/mol. The molecule has 0 aliphatic carbocycles. The quantitative estimate of drug-likeness (QED) is 0.851. The van der Waals surface area contributed by atoms with Gasteiger partial charge in [-0.1, -0.05) is 29.3 Å². The number of carbonyl (C=O) groups is 1. The molecule has 1 fully saturated rings. The number of benzene rings is 1. The number of hydrogen-bond donors (Lipinski definition) is 1. The van der Waals surface area contributed by atoms with Crippen molar-refractivity contribution in [3.63, 3.8) is 0 Å². The maximum absolute atomic E-state index is 11.7. The fourth-order valence-electron chi connectivity index (χ4n) is 2.12. The van der Waals surface area contributed by atoms with E-state index < -0.39 is 9.84 Å². The first-order valence-corrected chi connectivity index (χ1v) is 9.05. The second-order valence-electron chi connectivity index (χ2n) is 5.02. The molecule has 1 atom stereocenters. The molecule has 21 heavy (non-hydrogen) atoms. The van der Waals surface area contributed by atoms with Gasteiger partial charge in [-0.15, -0.1) is 0 Å². The molecule has 7 heteroatoms. The molecule has 1 amide bonds. The number of amides is 1. The first-order valence-electron chi connectivity index (χ1n) is 6.47. The van der Waals surface area contributed by atoms with E-state index in [0.29, 0.717) is 23.0 Å². The zero-order valence-electron chi connectivity index (χ0n) is 11.2. The monoisotopic (exact) mass is 347 g/mol. The van der Waals surface area contributed by atoms with E-state index in [9.17, 15) is 13.2 Å². The maximum atomic E-state index is 11.7. The van der Waals surface area contributed by atoms with Crippen LogP contribution in [0.5, 0.6) is 0 Å². The van der Waals surface area contributed by atoms with Crippen LogP contribution in [0.25, 0.3) is 6.08 Å². The molecule has 4 nitrogen and oxygen atoms in total. The number of halogens is 2. The van der Waals surface area contributed by atoms with Crippen molar-refractivity contribution >= 4 is 45.0 Å². The van der Waals surface area contributed by atoms with Crippen LogP contribution in [0.4, 0.5) is 0 Å². The largest absolute Gasteiger partial charge is 0.352 e. The molecule has 114 valence electrons. The summed E-state index contributed by atoms with van der Waals surface area (Å²) >= 11 is 11.7. The second-order valence-corrected chi connectivity index (χ2v) is 8.06. The Morgan fingerprint density at radius 2 is 2.10 bits per heavy atom. The highest BCUT2D eigenvalue weighted by molar-refractivity contribution is 7.91. The van der Waals surface area contributed by atoms with Crippen molar-refractivity contribution in [3.8, 4) is 0 Å². The zero-order valence-corrected chi connectivity index (χ0v) is 13.5. The van der Waals surface area contributed by atoms with E-state index in [1.807, 2.05) is 0 Å². The molecular formula is C14H15Cl2NO3S. The molecule has 1 unspecified atom stereocenters. The third-order valence-corrected chi connectivity index (χ3v) is 5.84. The highest BCUT2D eigenvalue weighted by Gasteiger charge is 2.27. The van der Waals surface area contributed by atoms with Gasteiger partial charge in [0.25, 0.3) is 0 Å². The van der Waals surface area contributed by atoms with Crippen molar-refractivity contribution in [2.75, 3.05) is 18.1 Å². The van der Waals surface area contributed by atoms with Crippen LogP contribution in [0.1, 0.15) is 12.0 Å². The highest BCUT2D eigenvalue weighted by atomic mass is 35.5. The fraction of sp³-hybridized carbons (Fsp3) is 0.357. The van der Waals surface area contributed by atoms with Gasteiger partial charge in [-0.2, -0.15) is 0 Å². The van der Waals surface area contributed by atoms with Crippen LogP contribution in [-0.4, -0.2) is 32.4 Å². The van der Waals surface area contributed by atoms with Crippen molar-refractivity contribution < 1.29 is 13.2 Å². The third-order valence-electron chi connectivity index (χ3n) is 3.26. The minimum absolute atomic E-state index is 0.0114. The molecule has 1 aromatic rings. The summed E-state index contributed by atoms with van der Waals surface area (Å²) in [6, 6.07) is 5.07. The predicted octanol–water partition coefficient (Wildman–Crippen LogP) is 2.56. The van der Waals surface area contributed by atoms with E-state index in [0.717, 1.165) is 5.56 Å². The summed E-state index contributed by atoms with van der Waals surface area (Å²) < 4.78 is 22.6. The third kappa shape index (κ3) is 5.02. The van der Waals surface area contributed by atoms with Crippen molar-refractivity contribution in [3.05, 3.63) is 39.9 Å². The molecular weight excluding hydrogens is 333 g/mol. The van der Waals surface area contributed by atoms with Gasteiger partial charge in [-0.25, -0.2) is 8.42 Å². The Kier molecular flexibility index (Phi) is 5.30. The van der Waals surface area contributed by atoms with Crippen LogP contribution in [0, 0.1) is 5.92 Å². The molecule has 1 aromatic carbocycles. The van der Waals surface area contributed by atoms with Crippen LogP contribution in [0.15, 0.2) is 24.3 Å². The van der Waals surface area contributed by atoms with Gasteiger partial charge in [0, 0.05) is 12.6 Å². The van der Waals surface area contributed by atoms with Crippen LogP contribution in [-0.2, 0) is 14.6 Å². The van der Waals surface area contributed by atoms with Gasteiger partial charge < -0.3 is 5.32 Å². The molecule has 0 radical (unpaired) electrons. The molecule has 2 rings (SSSR count). The fourth-order valence-corrected chi connectivity index (χ4v) is 4.29. The Balaban J connectivity index is 1.84. The normalized spacial score (nSPS) is 20.8. The lowest BCUT2D eigenvalue weighted by Gasteiger charge is -2.07. The van der Waals surface area contributed by atoms with Gasteiger partial charge in [-0.05, 0) is 36.1 Å². The lowest BCUT2D eigenvalue weighted by Crippen LogP contribution is -2.28. The van der Waals surface area contributed by atoms with Gasteiger partial charge in [0.15, 0.2) is 9.84 Å². The number of sulfone groups is 1. The number of rotatable bonds is 4. The molecule has 1 saturated heterocycles. The average molecular weight is 348 g/mol. The van der Waals surface area contributed by atoms with E-state index in [1.54, 1.807) is 24.3 Å². The number of nitrogens with one attached hydrogen (secondary N) is 1. The van der Waals surface area contributed by atoms with Gasteiger partial charge in [-0.3, -0.25) is 4.79 Å². The highest BCUT2D eigenvalue weighted by Crippen LogP contribution is 2.23. The van der Waals surface area contributed by atoms with E-state index in [4.69, 9.17) is 23.2 Å². The molecule has 1 heterocycles. The minimum Gasteiger partial charge on any atom is -0.352 e. The molecule has 0 aromatic heterocycles. The Hall–Kier alpha value is -1.04. The Morgan fingerprint density at radius 1 is 1.33 bits per heavy atom. The summed E-state index contributed by atoms with van der Waals surface area (Å²) in [7, 11) is -2.90. The summed E-state index contributed by atoms with van der Waals surface area (Å²) in [6.45, 7) is 0.379. The topological polar surface area (TPSA) is 63.2 Å². The lowest BCUT2D eigenvalue weighted by atomic mass is 10.1. The molecule has 1 N–H and O–H groups in total. The first kappa shape index (κ1) is 16.3. The van der Waals surface area contributed by atoms with E-state index >= 15 is 0 Å². The van der Waals surface area contributed by atoms with E-state index in [2.05, 4.69) is 5.32 Å². The molecule has 0 bridgehead atoms. The summed E-state index contributed by atoms with van der Waals surface area (Å²) in [4.78, 5) is 11.7. The Morgan fingerprint density at radius 3 is 2.71 bits per heavy atom. The maximum Gasteiger partial charge on any atom is 0.244 e. The van der Waals surface area contributed by atoms with Crippen molar-refractivity contribution in [1.82, 2.24) is 5.32 Å². The Bertz CT molecular complexity index is 671. The first-order chi connectivity index (χ1) is 9.85. The van der Waals surface area contributed by atoms with Gasteiger partial charge in [0.2, 0.25) is 5.91 Å². The van der Waals surface area contributed by atoms with Crippen molar-refractivity contribution in [2.45, 2.75) is 6.42 Å². The molecule has 1 aliphatic heterocycles. The second kappa shape index (κ2) is 6.81. The zero-order chi connectivity index (χ0) is 15.5. The molecule has 0 spiro atoms. The average Bonchev–Trinajstić information content (AvgIpc) is 2.77. The molecule has 1 aliphatic rings. The van der Waals surface area contributed by atoms with Crippen LogP contribution in [0.3, 0.4) is 0 Å². The van der Waals surface area contributed by atoms with Crippen LogP contribution in [0.2, 0.25) is 10.0 Å². The van der Waals surface area contributed by atoms with Crippen molar-refractivity contribution in [2.24, 2.45) is 5.92 Å². The molecule has 0 saturated carbocycles. The van der Waals surface area contributed by atoms with Crippen molar-refractivity contribution in [1.29, 1.82) is 0 Å². The summed E-state index contributed by atoms with van der Waals surface area (Å²) in [5.74, 6) is 0.124. The summed E-state index contributed by atoms with van der Waals surface area (Å²) in [6.07, 6.45) is 3.63. The summed E-state index contributed by atoms with van der Waals surface area (Å²) in [5.41, 5.74) is 0.767. The lowest BCUT2D eigenvalue weighted by molar-refractivity contribution is -0.116. The SMILES string of the molecule is O=C(C=Cc1ccc(Cl)c(Cl)c1)NCC1CCS(=O)(=O)C1. The van der Waals surface area contributed by atoms with E-state index in [-0.39, 0.29) is 23.3 Å². The van der Waals surface area contributed by atoms with Crippen LogP contribution >= 0.6 is 23.2 Å². The number of carbonyl (C=O) groups excluding carboxylic acids is 1. The Labute approximate surface area is 134 Å². The van der Waals surface area contributed by atoms with Gasteiger partial charge >= 0.3 is 0 Å². The van der Waals surface area contributed by atoms with E-state index in [1.165, 1.54) is 6.08 Å². The summed E-state index contributed by atoms with van der Waals surface area (Å²) in [5, 5.41) is 3.59. The van der Waals surface area contributed by atoms with Gasteiger partial charge in [0.1, 0.15) is 0 Å². The number of hydrogen-bond acceptors (Lipinski definition) is 3. The smallest absolute Gasteiger partial charge is 0.244 e. The van der Waals surface area contributed by atoms with Crippen LogP contribution < -0.4 is 5.32 Å². The van der Waals surface area contributed by atoms with Gasteiger partial charge in [0.05, 0.1) is 21.6 Å². The standard InChI is InChI=1S/C14H15Cl2NO3S/c15-12-3-1-10(7-13(12)16)2-4-14(18)17-8-11-5-6-21(19,20)9-11/h1-4,7,11H,5-6,8-9H2,(H,17,18).